The normalized spacial score (nSPS) is 10.8. The molecule has 0 bridgehead atoms. The van der Waals surface area contributed by atoms with E-state index in [-0.39, 0.29) is 23.1 Å². The molecule has 2 rings (SSSR count). The highest BCUT2D eigenvalue weighted by Crippen LogP contribution is 2.32. The van der Waals surface area contributed by atoms with Gasteiger partial charge < -0.3 is 11.1 Å². The van der Waals surface area contributed by atoms with Crippen LogP contribution in [0.1, 0.15) is 29.8 Å². The van der Waals surface area contributed by atoms with Crippen molar-refractivity contribution in [3.8, 4) is 0 Å². The minimum absolute atomic E-state index is 0. The van der Waals surface area contributed by atoms with Gasteiger partial charge in [-0.15, -0.1) is 24.2 Å². The molecule has 0 saturated carbocycles. The molecule has 0 fully saturated rings. The van der Waals surface area contributed by atoms with Gasteiger partial charge in [-0.25, -0.2) is 0 Å². The molecule has 130 valence electrons. The number of thioether (sulfide) groups is 1. The highest BCUT2D eigenvalue weighted by molar-refractivity contribution is 9.10. The fourth-order valence-electron chi connectivity index (χ4n) is 2.05. The Hall–Kier alpha value is -1.01. The van der Waals surface area contributed by atoms with Gasteiger partial charge in [0.15, 0.2) is 0 Å². The molecule has 0 aliphatic carbocycles. The van der Waals surface area contributed by atoms with Crippen molar-refractivity contribution in [1.29, 1.82) is 0 Å². The first kappa shape index (κ1) is 21.0. The zero-order valence-corrected chi connectivity index (χ0v) is 16.9. The summed E-state index contributed by atoms with van der Waals surface area (Å²) in [6.07, 6.45) is 0. The topological polar surface area (TPSA) is 55.1 Å². The molecule has 2 aromatic carbocycles. The monoisotopic (exact) mass is 428 g/mol. The molecular formula is C18H22BrClN2OS. The number of benzene rings is 2. The molecule has 2 aromatic rings. The lowest BCUT2D eigenvalue weighted by Gasteiger charge is -2.24. The van der Waals surface area contributed by atoms with Gasteiger partial charge in [0.1, 0.15) is 0 Å². The van der Waals surface area contributed by atoms with E-state index in [1.54, 1.807) is 11.8 Å². The standard InChI is InChI=1S/C18H21BrN2OS.ClH/c1-18(2,23-16-9-7-15(19)8-10-16)12-21-17(22)14-5-3-13(11-20)4-6-14;/h3-10H,11-12,20H2,1-2H3,(H,21,22);1H. The van der Waals surface area contributed by atoms with Crippen molar-refractivity contribution in [2.45, 2.75) is 30.0 Å². The minimum atomic E-state index is -0.0965. The summed E-state index contributed by atoms with van der Waals surface area (Å²) in [5, 5.41) is 3.01. The van der Waals surface area contributed by atoms with Crippen LogP contribution in [0.5, 0.6) is 0 Å². The Morgan fingerprint density at radius 3 is 2.25 bits per heavy atom. The second-order valence-electron chi connectivity index (χ2n) is 5.90. The fraction of sp³-hybridized carbons (Fsp3) is 0.278. The zero-order chi connectivity index (χ0) is 16.9. The number of nitrogens with two attached hydrogens (primary N) is 1. The number of hydrogen-bond donors (Lipinski definition) is 2. The molecule has 3 N–H and O–H groups in total. The van der Waals surface area contributed by atoms with Gasteiger partial charge in [-0.1, -0.05) is 28.1 Å². The van der Waals surface area contributed by atoms with E-state index < -0.39 is 0 Å². The van der Waals surface area contributed by atoms with Crippen molar-refractivity contribution in [3.63, 3.8) is 0 Å². The minimum Gasteiger partial charge on any atom is -0.351 e. The maximum absolute atomic E-state index is 12.2. The van der Waals surface area contributed by atoms with Crippen LogP contribution >= 0.6 is 40.1 Å². The van der Waals surface area contributed by atoms with Crippen molar-refractivity contribution in [2.75, 3.05) is 6.54 Å². The second kappa shape index (κ2) is 9.47. The molecule has 24 heavy (non-hydrogen) atoms. The molecule has 3 nitrogen and oxygen atoms in total. The Morgan fingerprint density at radius 1 is 1.12 bits per heavy atom. The lowest BCUT2D eigenvalue weighted by molar-refractivity contribution is 0.0951. The Kier molecular flexibility index (Phi) is 8.30. The summed E-state index contributed by atoms with van der Waals surface area (Å²) in [6, 6.07) is 15.6. The van der Waals surface area contributed by atoms with E-state index in [4.69, 9.17) is 5.73 Å². The molecule has 0 aromatic heterocycles. The Balaban J connectivity index is 0.00000288. The number of rotatable bonds is 6. The van der Waals surface area contributed by atoms with Crippen molar-refractivity contribution >= 4 is 46.0 Å². The molecular weight excluding hydrogens is 408 g/mol. The Labute approximate surface area is 162 Å². The van der Waals surface area contributed by atoms with Gasteiger partial charge in [0, 0.05) is 32.8 Å². The number of carbonyl (C=O) groups excluding carboxylic acids is 1. The average Bonchev–Trinajstić information content (AvgIpc) is 2.55. The van der Waals surface area contributed by atoms with Gasteiger partial charge in [0.05, 0.1) is 0 Å². The van der Waals surface area contributed by atoms with Crippen molar-refractivity contribution in [2.24, 2.45) is 5.73 Å². The summed E-state index contributed by atoms with van der Waals surface area (Å²) in [7, 11) is 0. The number of amides is 1. The molecule has 0 heterocycles. The van der Waals surface area contributed by atoms with E-state index in [1.165, 1.54) is 4.90 Å². The van der Waals surface area contributed by atoms with E-state index in [9.17, 15) is 4.79 Å². The average molecular weight is 430 g/mol. The highest BCUT2D eigenvalue weighted by atomic mass is 79.9. The number of carbonyl (C=O) groups is 1. The quantitative estimate of drug-likeness (QED) is 0.658. The van der Waals surface area contributed by atoms with Crippen LogP contribution in [0.4, 0.5) is 0 Å². The molecule has 0 aliphatic heterocycles. The van der Waals surface area contributed by atoms with Gasteiger partial charge in [-0.05, 0) is 55.8 Å². The maximum atomic E-state index is 12.2. The van der Waals surface area contributed by atoms with Crippen LogP contribution in [-0.2, 0) is 6.54 Å². The predicted octanol–water partition coefficient (Wildman–Crippen LogP) is 4.63. The molecule has 0 radical (unpaired) electrons. The van der Waals surface area contributed by atoms with Crippen molar-refractivity contribution < 1.29 is 4.79 Å². The third kappa shape index (κ3) is 6.48. The summed E-state index contributed by atoms with van der Waals surface area (Å²) >= 11 is 5.18. The van der Waals surface area contributed by atoms with Gasteiger partial charge in [-0.3, -0.25) is 4.79 Å². The summed E-state index contributed by atoms with van der Waals surface area (Å²) in [5.74, 6) is -0.0574. The Morgan fingerprint density at radius 2 is 1.71 bits per heavy atom. The zero-order valence-electron chi connectivity index (χ0n) is 13.7. The smallest absolute Gasteiger partial charge is 0.251 e. The van der Waals surface area contributed by atoms with Gasteiger partial charge >= 0.3 is 0 Å². The van der Waals surface area contributed by atoms with Crippen LogP contribution in [0.25, 0.3) is 0 Å². The number of nitrogens with one attached hydrogen (secondary N) is 1. The molecule has 0 aliphatic rings. The van der Waals surface area contributed by atoms with Crippen molar-refractivity contribution in [3.05, 3.63) is 64.1 Å². The van der Waals surface area contributed by atoms with Crippen LogP contribution < -0.4 is 11.1 Å². The first-order valence-corrected chi connectivity index (χ1v) is 9.02. The number of halogens is 2. The molecule has 6 heteroatoms. The third-order valence-electron chi connectivity index (χ3n) is 3.33. The SMILES string of the molecule is CC(C)(CNC(=O)c1ccc(CN)cc1)Sc1ccc(Br)cc1.Cl. The van der Waals surface area contributed by atoms with Crippen LogP contribution in [0, 0.1) is 0 Å². The van der Waals surface area contributed by atoms with E-state index in [1.807, 2.05) is 36.4 Å². The first-order valence-electron chi connectivity index (χ1n) is 7.41. The van der Waals surface area contributed by atoms with Crippen LogP contribution in [0.2, 0.25) is 0 Å². The van der Waals surface area contributed by atoms with E-state index in [2.05, 4.69) is 47.2 Å². The van der Waals surface area contributed by atoms with E-state index in [0.717, 1.165) is 10.0 Å². The molecule has 0 unspecified atom stereocenters. The Bertz CT molecular complexity index is 660. The predicted molar refractivity (Wildman–Crippen MR) is 108 cm³/mol. The van der Waals surface area contributed by atoms with E-state index >= 15 is 0 Å². The highest BCUT2D eigenvalue weighted by Gasteiger charge is 2.20. The first-order chi connectivity index (χ1) is 10.9. The van der Waals surface area contributed by atoms with Gasteiger partial charge in [0.2, 0.25) is 0 Å². The van der Waals surface area contributed by atoms with Crippen molar-refractivity contribution in [1.82, 2.24) is 5.32 Å². The largest absolute Gasteiger partial charge is 0.351 e. The lowest BCUT2D eigenvalue weighted by Crippen LogP contribution is -2.36. The van der Waals surface area contributed by atoms with Crippen LogP contribution in [0.3, 0.4) is 0 Å². The molecule has 1 amide bonds. The summed E-state index contributed by atoms with van der Waals surface area (Å²) in [4.78, 5) is 13.4. The third-order valence-corrected chi connectivity index (χ3v) is 5.07. The summed E-state index contributed by atoms with van der Waals surface area (Å²) in [5.41, 5.74) is 7.25. The molecule has 0 atom stereocenters. The van der Waals surface area contributed by atoms with Gasteiger partial charge in [-0.2, -0.15) is 0 Å². The molecule has 0 saturated heterocycles. The second-order valence-corrected chi connectivity index (χ2v) is 8.60. The number of hydrogen-bond acceptors (Lipinski definition) is 3. The molecule has 0 spiro atoms. The lowest BCUT2D eigenvalue weighted by atomic mass is 10.1. The van der Waals surface area contributed by atoms with E-state index in [0.29, 0.717) is 18.7 Å². The van der Waals surface area contributed by atoms with Gasteiger partial charge in [0.25, 0.3) is 5.91 Å². The van der Waals surface area contributed by atoms with Crippen LogP contribution in [0.15, 0.2) is 57.9 Å². The summed E-state index contributed by atoms with van der Waals surface area (Å²) in [6.45, 7) is 5.32. The maximum Gasteiger partial charge on any atom is 0.251 e. The fourth-order valence-corrected chi connectivity index (χ4v) is 3.36. The summed E-state index contributed by atoms with van der Waals surface area (Å²) < 4.78 is 0.967. The van der Waals surface area contributed by atoms with Crippen LogP contribution in [-0.4, -0.2) is 17.2 Å².